The highest BCUT2D eigenvalue weighted by Gasteiger charge is 2.27. The molecule has 4 rings (SSSR count). The first-order valence-electron chi connectivity index (χ1n) is 18.9. The molecule has 0 aliphatic heterocycles. The van der Waals surface area contributed by atoms with Gasteiger partial charge in [-0.3, -0.25) is 0 Å². The van der Waals surface area contributed by atoms with Gasteiger partial charge in [-0.1, -0.05) is 129 Å². The molecular weight excluding hydrogens is 480 g/mol. The fraction of sp³-hybridized carbons (Fsp3) is 0.900. The first-order valence-corrected chi connectivity index (χ1v) is 18.9. The van der Waals surface area contributed by atoms with Gasteiger partial charge in [0.2, 0.25) is 0 Å². The Bertz CT molecular complexity index is 659. The van der Waals surface area contributed by atoms with Gasteiger partial charge in [-0.25, -0.2) is 0 Å². The number of hydrogen-bond acceptors (Lipinski definition) is 0. The third-order valence-corrected chi connectivity index (χ3v) is 11.8. The molecule has 0 aromatic heterocycles. The Kier molecular flexibility index (Phi) is 17.3. The second kappa shape index (κ2) is 20.4. The molecule has 0 aromatic carbocycles. The number of rotatable bonds is 12. The predicted molar refractivity (Wildman–Crippen MR) is 188 cm³/mol. The molecule has 0 atom stereocenters. The van der Waals surface area contributed by atoms with Crippen LogP contribution in [0.4, 0.5) is 0 Å². The Balaban J connectivity index is 0. The third kappa shape index (κ3) is 13.2. The van der Waals surface area contributed by atoms with Gasteiger partial charge in [0.05, 0.1) is 0 Å². The van der Waals surface area contributed by atoms with Crippen molar-refractivity contribution in [3.63, 3.8) is 0 Å². The fourth-order valence-electron chi connectivity index (χ4n) is 9.19. The van der Waals surface area contributed by atoms with Crippen LogP contribution in [0.5, 0.6) is 0 Å². The Morgan fingerprint density at radius 3 is 1.27 bits per heavy atom. The second-order valence-corrected chi connectivity index (χ2v) is 15.1. The van der Waals surface area contributed by atoms with Crippen molar-refractivity contribution in [2.24, 2.45) is 47.3 Å². The van der Waals surface area contributed by atoms with Crippen LogP contribution in [0.25, 0.3) is 0 Å². The van der Waals surface area contributed by atoms with E-state index in [4.69, 9.17) is 0 Å². The van der Waals surface area contributed by atoms with Crippen LogP contribution in [0.1, 0.15) is 188 Å². The highest BCUT2D eigenvalue weighted by Crippen LogP contribution is 2.41. The molecule has 240 valence electrons. The zero-order valence-corrected chi connectivity index (χ0v) is 27.9. The van der Waals surface area contributed by atoms with Crippen LogP contribution in [0.15, 0.2) is 24.3 Å². The van der Waals surface area contributed by atoms with E-state index in [0.717, 1.165) is 47.3 Å². The standard InChI is InChI=1S/2C20H36.4H2/c2*1-3-5-7-18-10-14-20(15-11-18)16-19-12-8-17(6-4-2)9-13-19;;;;/h5,7,17-20H,3-4,6,8-16H2,1-2H3;4,6,17-20H,3,5,7-16H2,1-2H3;4*1H/b7-5+;6-4+;;;;. The molecule has 4 aliphatic carbocycles. The summed E-state index contributed by atoms with van der Waals surface area (Å²) in [5, 5.41) is 0. The van der Waals surface area contributed by atoms with Gasteiger partial charge in [0.15, 0.2) is 0 Å². The van der Waals surface area contributed by atoms with E-state index in [-0.39, 0.29) is 5.71 Å². The molecule has 4 saturated carbocycles. The number of hydrogen-bond donors (Lipinski definition) is 0. The van der Waals surface area contributed by atoms with E-state index in [0.29, 0.717) is 0 Å². The van der Waals surface area contributed by atoms with Crippen LogP contribution in [-0.4, -0.2) is 0 Å². The molecule has 0 amide bonds. The van der Waals surface area contributed by atoms with Crippen molar-refractivity contribution in [2.45, 2.75) is 182 Å². The smallest absolute Gasteiger partial charge is 0 e. The van der Waals surface area contributed by atoms with Crippen LogP contribution < -0.4 is 0 Å². The molecule has 0 aromatic rings. The first kappa shape index (κ1) is 34.0. The van der Waals surface area contributed by atoms with Gasteiger partial charge in [0.25, 0.3) is 0 Å². The molecule has 0 unspecified atom stereocenters. The van der Waals surface area contributed by atoms with Crippen molar-refractivity contribution in [3.05, 3.63) is 24.3 Å². The molecule has 0 saturated heterocycles. The normalized spacial score (nSPS) is 35.5. The van der Waals surface area contributed by atoms with E-state index in [2.05, 4.69) is 52.0 Å². The van der Waals surface area contributed by atoms with E-state index < -0.39 is 0 Å². The summed E-state index contributed by atoms with van der Waals surface area (Å²) in [6, 6.07) is 0. The Labute approximate surface area is 259 Å². The molecule has 0 heteroatoms. The molecule has 4 fully saturated rings. The largest absolute Gasteiger partial charge is 0.0914 e. The van der Waals surface area contributed by atoms with Crippen LogP contribution in [0.3, 0.4) is 0 Å². The summed E-state index contributed by atoms with van der Waals surface area (Å²) in [5.74, 6) is 8.25. The third-order valence-electron chi connectivity index (χ3n) is 11.8. The van der Waals surface area contributed by atoms with Gasteiger partial charge in [-0.05, 0) is 125 Å². The van der Waals surface area contributed by atoms with Crippen LogP contribution in [0.2, 0.25) is 0 Å². The molecule has 0 radical (unpaired) electrons. The van der Waals surface area contributed by atoms with Gasteiger partial charge >= 0.3 is 0 Å². The lowest BCUT2D eigenvalue weighted by molar-refractivity contribution is 0.196. The molecule has 40 heavy (non-hydrogen) atoms. The lowest BCUT2D eigenvalue weighted by Gasteiger charge is -2.33. The average molecular weight is 561 g/mol. The Morgan fingerprint density at radius 1 is 0.475 bits per heavy atom. The highest BCUT2D eigenvalue weighted by molar-refractivity contribution is 4.91. The highest BCUT2D eigenvalue weighted by atomic mass is 14.3. The molecule has 0 spiro atoms. The van der Waals surface area contributed by atoms with Crippen molar-refractivity contribution in [1.82, 2.24) is 0 Å². The topological polar surface area (TPSA) is 0 Å². The minimum atomic E-state index is 0. The maximum absolute atomic E-state index is 2.49. The average Bonchev–Trinajstić information content (AvgIpc) is 2.99. The van der Waals surface area contributed by atoms with Gasteiger partial charge in [0.1, 0.15) is 0 Å². The minimum absolute atomic E-state index is 0. The summed E-state index contributed by atoms with van der Waals surface area (Å²) in [6.07, 6.45) is 45.3. The lowest BCUT2D eigenvalue weighted by atomic mass is 9.72. The van der Waals surface area contributed by atoms with Crippen LogP contribution in [-0.2, 0) is 0 Å². The van der Waals surface area contributed by atoms with Gasteiger partial charge in [-0.2, -0.15) is 0 Å². The van der Waals surface area contributed by atoms with Gasteiger partial charge in [-0.15, -0.1) is 0 Å². The zero-order chi connectivity index (χ0) is 28.4. The molecule has 4 aliphatic rings. The van der Waals surface area contributed by atoms with Gasteiger partial charge in [0, 0.05) is 5.71 Å². The number of allylic oxidation sites excluding steroid dienone is 4. The summed E-state index contributed by atoms with van der Waals surface area (Å²) >= 11 is 0. The zero-order valence-electron chi connectivity index (χ0n) is 27.9. The summed E-state index contributed by atoms with van der Waals surface area (Å²) < 4.78 is 0. The predicted octanol–water partition coefficient (Wildman–Crippen LogP) is 14.5. The van der Waals surface area contributed by atoms with E-state index >= 15 is 0 Å². The molecule has 0 nitrogen and oxygen atoms in total. The van der Waals surface area contributed by atoms with Crippen molar-refractivity contribution < 1.29 is 5.71 Å². The molecule has 0 bridgehead atoms. The van der Waals surface area contributed by atoms with Crippen molar-refractivity contribution in [3.8, 4) is 0 Å². The van der Waals surface area contributed by atoms with E-state index in [9.17, 15) is 0 Å². The molecule has 0 N–H and O–H groups in total. The summed E-state index contributed by atoms with van der Waals surface area (Å²) in [5.41, 5.74) is 0. The van der Waals surface area contributed by atoms with Crippen LogP contribution >= 0.6 is 0 Å². The summed E-state index contributed by atoms with van der Waals surface area (Å²) in [6.45, 7) is 9.09. The van der Waals surface area contributed by atoms with E-state index in [1.807, 2.05) is 0 Å². The summed E-state index contributed by atoms with van der Waals surface area (Å²) in [4.78, 5) is 0. The van der Waals surface area contributed by atoms with Crippen molar-refractivity contribution >= 4 is 0 Å². The van der Waals surface area contributed by atoms with E-state index in [1.54, 1.807) is 51.4 Å². The Morgan fingerprint density at radius 2 is 0.875 bits per heavy atom. The number of unbranched alkanes of at least 4 members (excludes halogenated alkanes) is 1. The second-order valence-electron chi connectivity index (χ2n) is 15.1. The van der Waals surface area contributed by atoms with Crippen LogP contribution in [0, 0.1) is 47.3 Å². The maximum atomic E-state index is 2.49. The van der Waals surface area contributed by atoms with Gasteiger partial charge < -0.3 is 0 Å². The Hall–Kier alpha value is -0.520. The maximum Gasteiger partial charge on any atom is 0 e. The van der Waals surface area contributed by atoms with E-state index in [1.165, 1.54) is 103 Å². The molecule has 0 heterocycles. The summed E-state index contributed by atoms with van der Waals surface area (Å²) in [7, 11) is 0. The van der Waals surface area contributed by atoms with Crippen molar-refractivity contribution in [1.29, 1.82) is 0 Å². The SMILES string of the molecule is C/C=C/C1CCC(CC2CCC(CCCC)CC2)CC1.CC/C=C/C1CCC(CC2CCC(CCC)CC2)CC1.[HH].[HH].[HH].[HH]. The fourth-order valence-corrected chi connectivity index (χ4v) is 9.19. The minimum Gasteiger partial charge on any atom is -0.0914 e. The first-order chi connectivity index (χ1) is 19.6. The monoisotopic (exact) mass is 561 g/mol. The molecular formula is C40H80. The quantitative estimate of drug-likeness (QED) is 0.208. The lowest BCUT2D eigenvalue weighted by Crippen LogP contribution is -2.20. The van der Waals surface area contributed by atoms with Crippen molar-refractivity contribution in [2.75, 3.05) is 0 Å².